The van der Waals surface area contributed by atoms with E-state index in [1.54, 1.807) is 34.7 Å². The first kappa shape index (κ1) is 21.7. The summed E-state index contributed by atoms with van der Waals surface area (Å²) in [7, 11) is 1.73. The van der Waals surface area contributed by atoms with Crippen LogP contribution in [0.4, 0.5) is 0 Å². The van der Waals surface area contributed by atoms with Crippen LogP contribution in [0.3, 0.4) is 0 Å². The molecule has 0 spiro atoms. The minimum absolute atomic E-state index is 0.0634. The number of rotatable bonds is 7. The van der Waals surface area contributed by atoms with Gasteiger partial charge in [-0.25, -0.2) is 4.98 Å². The van der Waals surface area contributed by atoms with Gasteiger partial charge < -0.3 is 4.90 Å². The molecule has 0 aliphatic heterocycles. The number of para-hydroxylation sites is 1. The van der Waals surface area contributed by atoms with Gasteiger partial charge in [-0.3, -0.25) is 14.2 Å². The average Bonchev–Trinajstić information content (AvgIpc) is 2.71. The van der Waals surface area contributed by atoms with Crippen LogP contribution in [0.2, 0.25) is 10.0 Å². The van der Waals surface area contributed by atoms with Crippen molar-refractivity contribution in [1.82, 2.24) is 14.5 Å². The smallest absolute Gasteiger partial charge is 0.262 e. The number of halogens is 2. The molecule has 2 aromatic carbocycles. The van der Waals surface area contributed by atoms with E-state index in [4.69, 9.17) is 23.2 Å². The van der Waals surface area contributed by atoms with E-state index in [0.29, 0.717) is 39.2 Å². The van der Waals surface area contributed by atoms with Gasteiger partial charge in [0.2, 0.25) is 5.91 Å². The van der Waals surface area contributed by atoms with Gasteiger partial charge >= 0.3 is 0 Å². The van der Waals surface area contributed by atoms with Crippen molar-refractivity contribution in [2.75, 3.05) is 12.8 Å². The highest BCUT2D eigenvalue weighted by Gasteiger charge is 2.15. The van der Waals surface area contributed by atoms with E-state index in [1.807, 2.05) is 31.2 Å². The summed E-state index contributed by atoms with van der Waals surface area (Å²) in [5, 5.41) is 2.10. The fraction of sp³-hybridized carbons (Fsp3) is 0.286. The second-order valence-corrected chi connectivity index (χ2v) is 8.41. The summed E-state index contributed by atoms with van der Waals surface area (Å²) >= 11 is 13.3. The zero-order chi connectivity index (χ0) is 21.0. The van der Waals surface area contributed by atoms with Crippen LogP contribution in [0.5, 0.6) is 0 Å². The van der Waals surface area contributed by atoms with Crippen molar-refractivity contribution < 1.29 is 4.79 Å². The summed E-state index contributed by atoms with van der Waals surface area (Å²) in [5.74, 6) is 0.123. The van der Waals surface area contributed by atoms with Crippen LogP contribution < -0.4 is 5.56 Å². The first-order chi connectivity index (χ1) is 13.9. The van der Waals surface area contributed by atoms with Crippen molar-refractivity contribution in [3.05, 3.63) is 68.4 Å². The van der Waals surface area contributed by atoms with Gasteiger partial charge in [0.25, 0.3) is 5.56 Å². The summed E-state index contributed by atoms with van der Waals surface area (Å²) in [5.41, 5.74) is 1.47. The molecule has 152 valence electrons. The molecule has 1 aromatic heterocycles. The molecule has 29 heavy (non-hydrogen) atoms. The number of carbonyl (C=O) groups excluding carboxylic acids is 1. The van der Waals surface area contributed by atoms with Gasteiger partial charge in [0.15, 0.2) is 5.16 Å². The Bertz CT molecular complexity index is 1100. The Hall–Kier alpha value is -2.02. The van der Waals surface area contributed by atoms with Gasteiger partial charge in [0.05, 0.1) is 26.7 Å². The standard InChI is InChI=1S/C21H21Cl2N3O2S/c1-3-10-26-20(28)15-6-4-5-7-18(15)24-21(26)29-13-19(27)25(2)12-14-8-9-16(22)17(23)11-14/h4-9,11H,3,10,12-13H2,1-2H3. The second kappa shape index (κ2) is 9.65. The summed E-state index contributed by atoms with van der Waals surface area (Å²) < 4.78 is 1.65. The van der Waals surface area contributed by atoms with Crippen LogP contribution in [0.25, 0.3) is 10.9 Å². The van der Waals surface area contributed by atoms with E-state index >= 15 is 0 Å². The predicted molar refractivity (Wildman–Crippen MR) is 120 cm³/mol. The van der Waals surface area contributed by atoms with Gasteiger partial charge in [-0.15, -0.1) is 0 Å². The number of aromatic nitrogens is 2. The first-order valence-electron chi connectivity index (χ1n) is 9.21. The molecule has 0 radical (unpaired) electrons. The third kappa shape index (κ3) is 5.13. The SMILES string of the molecule is CCCn1c(SCC(=O)N(C)Cc2ccc(Cl)c(Cl)c2)nc2ccccc2c1=O. The number of nitrogens with zero attached hydrogens (tertiary/aromatic N) is 3. The monoisotopic (exact) mass is 449 g/mol. The molecule has 1 heterocycles. The molecule has 1 amide bonds. The number of hydrogen-bond acceptors (Lipinski definition) is 4. The predicted octanol–water partition coefficient (Wildman–Crippen LogP) is 4.86. The van der Waals surface area contributed by atoms with Crippen molar-refractivity contribution in [3.63, 3.8) is 0 Å². The lowest BCUT2D eigenvalue weighted by atomic mass is 10.2. The molecule has 0 fully saturated rings. The number of fused-ring (bicyclic) bond motifs is 1. The van der Waals surface area contributed by atoms with Gasteiger partial charge in [-0.1, -0.05) is 60.1 Å². The van der Waals surface area contributed by atoms with Crippen molar-refractivity contribution in [2.45, 2.75) is 31.6 Å². The van der Waals surface area contributed by atoms with Gasteiger partial charge in [0.1, 0.15) is 0 Å². The Morgan fingerprint density at radius 3 is 2.66 bits per heavy atom. The maximum absolute atomic E-state index is 12.8. The lowest BCUT2D eigenvalue weighted by Gasteiger charge is -2.18. The van der Waals surface area contributed by atoms with Crippen molar-refractivity contribution in [1.29, 1.82) is 0 Å². The minimum Gasteiger partial charge on any atom is -0.341 e. The highest BCUT2D eigenvalue weighted by Crippen LogP contribution is 2.23. The van der Waals surface area contributed by atoms with Crippen molar-refractivity contribution >= 4 is 51.8 Å². The lowest BCUT2D eigenvalue weighted by molar-refractivity contribution is -0.127. The summed E-state index contributed by atoms with van der Waals surface area (Å²) in [6.07, 6.45) is 0.804. The molecule has 0 aliphatic carbocycles. The normalized spacial score (nSPS) is 11.0. The average molecular weight is 450 g/mol. The van der Waals surface area contributed by atoms with E-state index in [9.17, 15) is 9.59 Å². The zero-order valence-corrected chi connectivity index (χ0v) is 18.5. The Labute approximate surface area is 183 Å². The van der Waals surface area contributed by atoms with E-state index in [-0.39, 0.29) is 17.2 Å². The molecule has 8 heteroatoms. The minimum atomic E-state index is -0.0726. The number of benzene rings is 2. The van der Waals surface area contributed by atoms with Crippen LogP contribution in [0, 0.1) is 0 Å². The number of hydrogen-bond donors (Lipinski definition) is 0. The fourth-order valence-corrected chi connectivity index (χ4v) is 4.20. The highest BCUT2D eigenvalue weighted by atomic mass is 35.5. The molecule has 0 atom stereocenters. The maximum Gasteiger partial charge on any atom is 0.262 e. The molecule has 3 aromatic rings. The molecule has 0 N–H and O–H groups in total. The van der Waals surface area contributed by atoms with Gasteiger partial charge in [-0.05, 0) is 36.2 Å². The largest absolute Gasteiger partial charge is 0.341 e. The molecular formula is C21H21Cl2N3O2S. The molecule has 0 saturated carbocycles. The van der Waals surface area contributed by atoms with Crippen LogP contribution >= 0.6 is 35.0 Å². The molecule has 0 saturated heterocycles. The molecule has 0 unspecified atom stereocenters. The third-order valence-electron chi connectivity index (χ3n) is 4.43. The quantitative estimate of drug-likeness (QED) is 0.381. The molecule has 0 bridgehead atoms. The summed E-state index contributed by atoms with van der Waals surface area (Å²) in [4.78, 5) is 31.7. The molecule has 0 aliphatic rings. The Morgan fingerprint density at radius 1 is 1.17 bits per heavy atom. The van der Waals surface area contributed by atoms with E-state index in [0.717, 1.165) is 12.0 Å². The van der Waals surface area contributed by atoms with Crippen LogP contribution in [-0.4, -0.2) is 33.2 Å². The Balaban J connectivity index is 1.75. The van der Waals surface area contributed by atoms with E-state index in [1.165, 1.54) is 11.8 Å². The fourth-order valence-electron chi connectivity index (χ4n) is 2.92. The molecule has 3 rings (SSSR count). The summed E-state index contributed by atoms with van der Waals surface area (Å²) in [6.45, 7) is 2.99. The van der Waals surface area contributed by atoms with Gasteiger partial charge in [0, 0.05) is 20.1 Å². The topological polar surface area (TPSA) is 55.2 Å². The van der Waals surface area contributed by atoms with Crippen molar-refractivity contribution in [3.8, 4) is 0 Å². The summed E-state index contributed by atoms with van der Waals surface area (Å²) in [6, 6.07) is 12.6. The maximum atomic E-state index is 12.8. The van der Waals surface area contributed by atoms with E-state index < -0.39 is 0 Å². The first-order valence-corrected chi connectivity index (χ1v) is 10.9. The second-order valence-electron chi connectivity index (χ2n) is 6.66. The molecule has 5 nitrogen and oxygen atoms in total. The lowest BCUT2D eigenvalue weighted by Crippen LogP contribution is -2.29. The zero-order valence-electron chi connectivity index (χ0n) is 16.2. The number of carbonyl (C=O) groups is 1. The van der Waals surface area contributed by atoms with Crippen LogP contribution in [0.1, 0.15) is 18.9 Å². The van der Waals surface area contributed by atoms with Crippen molar-refractivity contribution in [2.24, 2.45) is 0 Å². The van der Waals surface area contributed by atoms with Gasteiger partial charge in [-0.2, -0.15) is 0 Å². The number of amides is 1. The third-order valence-corrected chi connectivity index (χ3v) is 6.13. The Morgan fingerprint density at radius 2 is 1.93 bits per heavy atom. The number of thioether (sulfide) groups is 1. The highest BCUT2D eigenvalue weighted by molar-refractivity contribution is 7.99. The van der Waals surface area contributed by atoms with Crippen LogP contribution in [-0.2, 0) is 17.9 Å². The van der Waals surface area contributed by atoms with E-state index in [2.05, 4.69) is 4.98 Å². The van der Waals surface area contributed by atoms with Crippen LogP contribution in [0.15, 0.2) is 52.4 Å². The Kier molecular flexibility index (Phi) is 7.22. The molecular weight excluding hydrogens is 429 g/mol.